The molecule has 2 aromatic rings. The minimum Gasteiger partial charge on any atom is -0.324 e. The smallest absolute Gasteiger partial charge is 0.238 e. The average Bonchev–Trinajstić information content (AvgIpc) is 2.41. The van der Waals surface area contributed by atoms with E-state index in [0.717, 1.165) is 11.1 Å². The van der Waals surface area contributed by atoms with Crippen LogP contribution < -0.4 is 5.32 Å². The molecule has 0 bridgehead atoms. The number of rotatable bonds is 5. The van der Waals surface area contributed by atoms with Crippen LogP contribution >= 0.6 is 23.2 Å². The molecule has 1 amide bonds. The minimum absolute atomic E-state index is 0.102. The largest absolute Gasteiger partial charge is 0.324 e. The molecule has 0 saturated carbocycles. The second kappa shape index (κ2) is 7.63. The SMILES string of the molecule is Cc1ccc(NC(=O)CN(C)Cc2cccc(Cl)c2)c(Cl)c1. The van der Waals surface area contributed by atoms with Gasteiger partial charge in [0, 0.05) is 11.6 Å². The third kappa shape index (κ3) is 5.02. The molecule has 0 atom stereocenters. The highest BCUT2D eigenvalue weighted by atomic mass is 35.5. The summed E-state index contributed by atoms with van der Waals surface area (Å²) in [7, 11) is 1.89. The van der Waals surface area contributed by atoms with Crippen LogP contribution in [-0.2, 0) is 11.3 Å². The second-order valence-corrected chi connectivity index (χ2v) is 6.18. The summed E-state index contributed by atoms with van der Waals surface area (Å²) in [5.74, 6) is -0.102. The van der Waals surface area contributed by atoms with Gasteiger partial charge in [-0.1, -0.05) is 41.4 Å². The lowest BCUT2D eigenvalue weighted by atomic mass is 10.2. The quantitative estimate of drug-likeness (QED) is 0.879. The summed E-state index contributed by atoms with van der Waals surface area (Å²) in [5, 5.41) is 4.07. The van der Waals surface area contributed by atoms with Gasteiger partial charge in [0.2, 0.25) is 5.91 Å². The van der Waals surface area contributed by atoms with Gasteiger partial charge >= 0.3 is 0 Å². The maximum absolute atomic E-state index is 12.1. The van der Waals surface area contributed by atoms with Crippen LogP contribution in [0.2, 0.25) is 10.0 Å². The number of nitrogens with one attached hydrogen (secondary N) is 1. The van der Waals surface area contributed by atoms with Gasteiger partial charge in [0.1, 0.15) is 0 Å². The molecule has 0 radical (unpaired) electrons. The Morgan fingerprint density at radius 2 is 1.95 bits per heavy atom. The number of likely N-dealkylation sites (N-methyl/N-ethyl adjacent to an activating group) is 1. The molecule has 0 saturated heterocycles. The molecule has 3 nitrogen and oxygen atoms in total. The molecular weight excluding hydrogens is 319 g/mol. The Hall–Kier alpha value is -1.55. The van der Waals surface area contributed by atoms with E-state index in [1.807, 2.05) is 61.3 Å². The molecule has 0 aliphatic rings. The fraction of sp³-hybridized carbons (Fsp3) is 0.235. The molecule has 2 rings (SSSR count). The van der Waals surface area contributed by atoms with Crippen molar-refractivity contribution in [1.82, 2.24) is 4.90 Å². The van der Waals surface area contributed by atoms with Crippen LogP contribution in [0.25, 0.3) is 0 Å². The summed E-state index contributed by atoms with van der Waals surface area (Å²) in [4.78, 5) is 14.0. The van der Waals surface area contributed by atoms with Gasteiger partial charge in [0.05, 0.1) is 17.3 Å². The van der Waals surface area contributed by atoms with Gasteiger partial charge in [0.15, 0.2) is 0 Å². The van der Waals surface area contributed by atoms with E-state index in [1.165, 1.54) is 0 Å². The summed E-state index contributed by atoms with van der Waals surface area (Å²) in [5.41, 5.74) is 2.76. The Morgan fingerprint density at radius 3 is 2.64 bits per heavy atom. The lowest BCUT2D eigenvalue weighted by molar-refractivity contribution is -0.117. The molecule has 0 aliphatic carbocycles. The molecular formula is C17H18Cl2N2O. The number of benzene rings is 2. The van der Waals surface area contributed by atoms with Crippen LogP contribution in [0.15, 0.2) is 42.5 Å². The fourth-order valence-electron chi connectivity index (χ4n) is 2.16. The van der Waals surface area contributed by atoms with E-state index in [0.29, 0.717) is 22.3 Å². The van der Waals surface area contributed by atoms with Crippen molar-refractivity contribution in [3.05, 3.63) is 63.6 Å². The summed E-state index contributed by atoms with van der Waals surface area (Å²) >= 11 is 12.1. The first-order valence-corrected chi connectivity index (χ1v) is 7.68. The molecule has 0 aliphatic heterocycles. The highest BCUT2D eigenvalue weighted by Crippen LogP contribution is 2.22. The van der Waals surface area contributed by atoms with Gasteiger partial charge in [0.25, 0.3) is 0 Å². The van der Waals surface area contributed by atoms with Crippen molar-refractivity contribution in [2.45, 2.75) is 13.5 Å². The van der Waals surface area contributed by atoms with Crippen LogP contribution in [-0.4, -0.2) is 24.4 Å². The topological polar surface area (TPSA) is 32.3 Å². The zero-order valence-electron chi connectivity index (χ0n) is 12.6. The van der Waals surface area contributed by atoms with Crippen molar-refractivity contribution in [1.29, 1.82) is 0 Å². The Kier molecular flexibility index (Phi) is 5.83. The maximum atomic E-state index is 12.1. The van der Waals surface area contributed by atoms with E-state index in [1.54, 1.807) is 0 Å². The third-order valence-corrected chi connectivity index (χ3v) is 3.70. The molecule has 0 unspecified atom stereocenters. The minimum atomic E-state index is -0.102. The Morgan fingerprint density at radius 1 is 1.18 bits per heavy atom. The molecule has 0 heterocycles. The van der Waals surface area contributed by atoms with Gasteiger partial charge < -0.3 is 5.32 Å². The van der Waals surface area contributed by atoms with E-state index < -0.39 is 0 Å². The number of aryl methyl sites for hydroxylation is 1. The highest BCUT2D eigenvalue weighted by Gasteiger charge is 2.09. The number of halogens is 2. The Balaban J connectivity index is 1.91. The molecule has 5 heteroatoms. The monoisotopic (exact) mass is 336 g/mol. The highest BCUT2D eigenvalue weighted by molar-refractivity contribution is 6.33. The summed E-state index contributed by atoms with van der Waals surface area (Å²) in [6.45, 7) is 2.88. The number of amides is 1. The first kappa shape index (κ1) is 16.8. The van der Waals surface area contributed by atoms with Crippen molar-refractivity contribution in [2.75, 3.05) is 18.9 Å². The first-order valence-electron chi connectivity index (χ1n) is 6.93. The standard InChI is InChI=1S/C17H18Cl2N2O/c1-12-6-7-16(15(19)8-12)20-17(22)11-21(2)10-13-4-3-5-14(18)9-13/h3-9H,10-11H2,1-2H3,(H,20,22). The zero-order valence-corrected chi connectivity index (χ0v) is 14.1. The summed E-state index contributed by atoms with van der Waals surface area (Å²) in [6.07, 6.45) is 0. The molecule has 22 heavy (non-hydrogen) atoms. The lowest BCUT2D eigenvalue weighted by Crippen LogP contribution is -2.29. The molecule has 0 spiro atoms. The second-order valence-electron chi connectivity index (χ2n) is 5.33. The molecule has 2 aromatic carbocycles. The molecule has 0 fully saturated rings. The van der Waals surface area contributed by atoms with E-state index in [4.69, 9.17) is 23.2 Å². The van der Waals surface area contributed by atoms with E-state index in [2.05, 4.69) is 5.32 Å². The number of carbonyl (C=O) groups is 1. The van der Waals surface area contributed by atoms with Crippen molar-refractivity contribution >= 4 is 34.8 Å². The van der Waals surface area contributed by atoms with Gasteiger partial charge in [-0.05, 0) is 49.4 Å². The van der Waals surface area contributed by atoms with Crippen molar-refractivity contribution in [3.8, 4) is 0 Å². The van der Waals surface area contributed by atoms with Crippen LogP contribution in [0, 0.1) is 6.92 Å². The van der Waals surface area contributed by atoms with E-state index in [9.17, 15) is 4.79 Å². The number of nitrogens with zero attached hydrogens (tertiary/aromatic N) is 1. The van der Waals surface area contributed by atoms with Gasteiger partial charge in [-0.15, -0.1) is 0 Å². The van der Waals surface area contributed by atoms with Gasteiger partial charge in [-0.25, -0.2) is 0 Å². The number of hydrogen-bond donors (Lipinski definition) is 1. The van der Waals surface area contributed by atoms with Crippen LogP contribution in [0.5, 0.6) is 0 Å². The third-order valence-electron chi connectivity index (χ3n) is 3.15. The average molecular weight is 337 g/mol. The normalized spacial score (nSPS) is 10.8. The Labute approximate surface area is 140 Å². The first-order chi connectivity index (χ1) is 10.4. The predicted octanol–water partition coefficient (Wildman–Crippen LogP) is 4.37. The zero-order chi connectivity index (χ0) is 16.1. The van der Waals surface area contributed by atoms with Crippen LogP contribution in [0.1, 0.15) is 11.1 Å². The number of anilines is 1. The molecule has 1 N–H and O–H groups in total. The van der Waals surface area contributed by atoms with E-state index in [-0.39, 0.29) is 12.5 Å². The van der Waals surface area contributed by atoms with Crippen molar-refractivity contribution in [2.24, 2.45) is 0 Å². The Bertz CT molecular complexity index is 673. The lowest BCUT2D eigenvalue weighted by Gasteiger charge is -2.17. The predicted molar refractivity (Wildman–Crippen MR) is 92.6 cm³/mol. The number of carbonyl (C=O) groups excluding carboxylic acids is 1. The van der Waals surface area contributed by atoms with Crippen molar-refractivity contribution in [3.63, 3.8) is 0 Å². The van der Waals surface area contributed by atoms with Crippen molar-refractivity contribution < 1.29 is 4.79 Å². The summed E-state index contributed by atoms with van der Waals surface area (Å²) < 4.78 is 0. The fourth-order valence-corrected chi connectivity index (χ4v) is 2.65. The van der Waals surface area contributed by atoms with Gasteiger partial charge in [-0.3, -0.25) is 9.69 Å². The maximum Gasteiger partial charge on any atom is 0.238 e. The van der Waals surface area contributed by atoms with Crippen LogP contribution in [0.3, 0.4) is 0 Å². The molecule has 116 valence electrons. The van der Waals surface area contributed by atoms with Crippen LogP contribution in [0.4, 0.5) is 5.69 Å². The number of hydrogen-bond acceptors (Lipinski definition) is 2. The summed E-state index contributed by atoms with van der Waals surface area (Å²) in [6, 6.07) is 13.2. The molecule has 0 aromatic heterocycles. The van der Waals surface area contributed by atoms with E-state index >= 15 is 0 Å². The van der Waals surface area contributed by atoms with Gasteiger partial charge in [-0.2, -0.15) is 0 Å².